The number of carboxylic acids is 1. The number of hydrogen-bond acceptors (Lipinski definition) is 3. The largest absolute Gasteiger partial charge is 0.480 e. The standard InChI is InChI=1S/C16H25NO2S/c1-16(2,3)13-7-5-12(6-8-13)11-17-14(15(18)19)9-10-20-4/h5-8,14,17H,9-11H2,1-4H3,(H,18,19). The molecular weight excluding hydrogens is 270 g/mol. The Bertz CT molecular complexity index is 423. The number of benzene rings is 1. The molecule has 112 valence electrons. The van der Waals surface area contributed by atoms with E-state index < -0.39 is 12.0 Å². The van der Waals surface area contributed by atoms with Crippen LogP contribution in [-0.4, -0.2) is 29.1 Å². The molecular formula is C16H25NO2S. The lowest BCUT2D eigenvalue weighted by Crippen LogP contribution is -2.36. The first-order chi connectivity index (χ1) is 9.34. The maximum Gasteiger partial charge on any atom is 0.320 e. The molecule has 0 saturated carbocycles. The SMILES string of the molecule is CSCCC(NCc1ccc(C(C)(C)C)cc1)C(=O)O. The fraction of sp³-hybridized carbons (Fsp3) is 0.562. The predicted octanol–water partition coefficient (Wildman–Crippen LogP) is 3.28. The Morgan fingerprint density at radius 2 is 1.90 bits per heavy atom. The van der Waals surface area contributed by atoms with Gasteiger partial charge in [-0.05, 0) is 35.0 Å². The van der Waals surface area contributed by atoms with Crippen molar-refractivity contribution in [2.24, 2.45) is 0 Å². The zero-order valence-electron chi connectivity index (χ0n) is 12.8. The van der Waals surface area contributed by atoms with E-state index in [2.05, 4.69) is 50.4 Å². The van der Waals surface area contributed by atoms with Gasteiger partial charge in [-0.2, -0.15) is 11.8 Å². The van der Waals surface area contributed by atoms with E-state index in [4.69, 9.17) is 5.11 Å². The molecule has 0 amide bonds. The Kier molecular flexibility index (Phi) is 6.56. The Balaban J connectivity index is 2.58. The van der Waals surface area contributed by atoms with Crippen LogP contribution in [0.2, 0.25) is 0 Å². The molecule has 1 rings (SSSR count). The van der Waals surface area contributed by atoms with Crippen molar-refractivity contribution in [3.05, 3.63) is 35.4 Å². The first-order valence-corrected chi connectivity index (χ1v) is 8.28. The number of aliphatic carboxylic acids is 1. The Morgan fingerprint density at radius 3 is 2.35 bits per heavy atom. The number of carbonyl (C=O) groups is 1. The third kappa shape index (κ3) is 5.55. The second-order valence-electron chi connectivity index (χ2n) is 6.00. The van der Waals surface area contributed by atoms with E-state index in [0.717, 1.165) is 11.3 Å². The molecule has 0 fully saturated rings. The van der Waals surface area contributed by atoms with Crippen LogP contribution in [0.5, 0.6) is 0 Å². The summed E-state index contributed by atoms with van der Waals surface area (Å²) in [6.07, 6.45) is 2.64. The van der Waals surface area contributed by atoms with Crippen molar-refractivity contribution in [3.63, 3.8) is 0 Å². The summed E-state index contributed by atoms with van der Waals surface area (Å²) in [5, 5.41) is 12.3. The molecule has 0 radical (unpaired) electrons. The maximum atomic E-state index is 11.1. The first-order valence-electron chi connectivity index (χ1n) is 6.89. The molecule has 1 unspecified atom stereocenters. The molecule has 2 N–H and O–H groups in total. The quantitative estimate of drug-likeness (QED) is 0.810. The summed E-state index contributed by atoms with van der Waals surface area (Å²) < 4.78 is 0. The number of carboxylic acid groups (broad SMARTS) is 1. The van der Waals surface area contributed by atoms with Gasteiger partial charge in [0.2, 0.25) is 0 Å². The Labute approximate surface area is 126 Å². The first kappa shape index (κ1) is 17.1. The summed E-state index contributed by atoms with van der Waals surface area (Å²) in [6, 6.07) is 7.91. The van der Waals surface area contributed by atoms with Gasteiger partial charge in [0.05, 0.1) is 0 Å². The van der Waals surface area contributed by atoms with Crippen molar-refractivity contribution in [3.8, 4) is 0 Å². The van der Waals surface area contributed by atoms with E-state index in [1.165, 1.54) is 5.56 Å². The Morgan fingerprint density at radius 1 is 1.30 bits per heavy atom. The van der Waals surface area contributed by atoms with Gasteiger partial charge >= 0.3 is 5.97 Å². The molecule has 1 aromatic carbocycles. The molecule has 0 aliphatic heterocycles. The van der Waals surface area contributed by atoms with E-state index >= 15 is 0 Å². The second-order valence-corrected chi connectivity index (χ2v) is 6.99. The average Bonchev–Trinajstić information content (AvgIpc) is 2.38. The monoisotopic (exact) mass is 295 g/mol. The zero-order chi connectivity index (χ0) is 15.2. The lowest BCUT2D eigenvalue weighted by molar-refractivity contribution is -0.139. The van der Waals surface area contributed by atoms with Crippen molar-refractivity contribution in [1.29, 1.82) is 0 Å². The van der Waals surface area contributed by atoms with E-state index in [9.17, 15) is 4.79 Å². The highest BCUT2D eigenvalue weighted by Crippen LogP contribution is 2.22. The van der Waals surface area contributed by atoms with Crippen LogP contribution in [0.1, 0.15) is 38.3 Å². The van der Waals surface area contributed by atoms with Crippen molar-refractivity contribution < 1.29 is 9.90 Å². The normalized spacial score (nSPS) is 13.2. The molecule has 0 bridgehead atoms. The minimum absolute atomic E-state index is 0.147. The van der Waals surface area contributed by atoms with Gasteiger partial charge in [0, 0.05) is 6.54 Å². The minimum Gasteiger partial charge on any atom is -0.480 e. The summed E-state index contributed by atoms with van der Waals surface area (Å²) in [5.74, 6) is 0.0813. The average molecular weight is 295 g/mol. The van der Waals surface area contributed by atoms with E-state index in [0.29, 0.717) is 13.0 Å². The van der Waals surface area contributed by atoms with Gasteiger partial charge in [-0.1, -0.05) is 45.0 Å². The third-order valence-corrected chi connectivity index (χ3v) is 3.93. The molecule has 1 aromatic rings. The molecule has 0 aromatic heterocycles. The van der Waals surface area contributed by atoms with E-state index in [-0.39, 0.29) is 5.41 Å². The van der Waals surface area contributed by atoms with E-state index in [1.54, 1.807) is 11.8 Å². The van der Waals surface area contributed by atoms with Crippen LogP contribution in [0.15, 0.2) is 24.3 Å². The predicted molar refractivity (Wildman–Crippen MR) is 86.4 cm³/mol. The van der Waals surface area contributed by atoms with Crippen LogP contribution in [-0.2, 0) is 16.8 Å². The molecule has 1 atom stereocenters. The van der Waals surface area contributed by atoms with Gasteiger partial charge < -0.3 is 10.4 Å². The van der Waals surface area contributed by atoms with Crippen molar-refractivity contribution in [1.82, 2.24) is 5.32 Å². The highest BCUT2D eigenvalue weighted by atomic mass is 32.2. The lowest BCUT2D eigenvalue weighted by atomic mass is 9.87. The van der Waals surface area contributed by atoms with Crippen molar-refractivity contribution in [2.45, 2.75) is 45.2 Å². The van der Waals surface area contributed by atoms with Gasteiger partial charge in [0.1, 0.15) is 6.04 Å². The molecule has 0 saturated heterocycles. The molecule has 0 spiro atoms. The van der Waals surface area contributed by atoms with E-state index in [1.807, 2.05) is 6.26 Å². The fourth-order valence-electron chi connectivity index (χ4n) is 1.91. The highest BCUT2D eigenvalue weighted by Gasteiger charge is 2.16. The minimum atomic E-state index is -0.773. The molecule has 3 nitrogen and oxygen atoms in total. The molecule has 20 heavy (non-hydrogen) atoms. The van der Waals surface area contributed by atoms with Crippen LogP contribution >= 0.6 is 11.8 Å². The zero-order valence-corrected chi connectivity index (χ0v) is 13.6. The summed E-state index contributed by atoms with van der Waals surface area (Å²) in [7, 11) is 0. The second kappa shape index (κ2) is 7.70. The number of nitrogens with one attached hydrogen (secondary N) is 1. The molecule has 0 aliphatic carbocycles. The fourth-order valence-corrected chi connectivity index (χ4v) is 2.38. The molecule has 0 heterocycles. The van der Waals surface area contributed by atoms with Crippen LogP contribution in [0.25, 0.3) is 0 Å². The highest BCUT2D eigenvalue weighted by molar-refractivity contribution is 7.98. The van der Waals surface area contributed by atoms with Gasteiger partial charge in [-0.3, -0.25) is 4.79 Å². The maximum absolute atomic E-state index is 11.1. The lowest BCUT2D eigenvalue weighted by Gasteiger charge is -2.19. The number of rotatable bonds is 7. The summed E-state index contributed by atoms with van der Waals surface area (Å²) >= 11 is 1.67. The topological polar surface area (TPSA) is 49.3 Å². The molecule has 0 aliphatic rings. The van der Waals surface area contributed by atoms with Crippen molar-refractivity contribution in [2.75, 3.05) is 12.0 Å². The van der Waals surface area contributed by atoms with Crippen LogP contribution in [0.4, 0.5) is 0 Å². The Hall–Kier alpha value is -1.00. The van der Waals surface area contributed by atoms with Crippen molar-refractivity contribution >= 4 is 17.7 Å². The van der Waals surface area contributed by atoms with Crippen LogP contribution in [0, 0.1) is 0 Å². The van der Waals surface area contributed by atoms with Crippen LogP contribution in [0.3, 0.4) is 0 Å². The van der Waals surface area contributed by atoms with Gasteiger partial charge in [0.15, 0.2) is 0 Å². The van der Waals surface area contributed by atoms with Gasteiger partial charge in [-0.25, -0.2) is 0 Å². The number of thioether (sulfide) groups is 1. The number of hydrogen-bond donors (Lipinski definition) is 2. The third-order valence-electron chi connectivity index (χ3n) is 3.28. The van der Waals surface area contributed by atoms with Gasteiger partial charge in [-0.15, -0.1) is 0 Å². The van der Waals surface area contributed by atoms with Gasteiger partial charge in [0.25, 0.3) is 0 Å². The summed E-state index contributed by atoms with van der Waals surface area (Å²) in [4.78, 5) is 11.1. The molecule has 4 heteroatoms. The summed E-state index contributed by atoms with van der Waals surface area (Å²) in [6.45, 7) is 7.14. The smallest absolute Gasteiger partial charge is 0.320 e. The summed E-state index contributed by atoms with van der Waals surface area (Å²) in [5.41, 5.74) is 2.56. The van der Waals surface area contributed by atoms with Crippen LogP contribution < -0.4 is 5.32 Å².